The van der Waals surface area contributed by atoms with Crippen molar-refractivity contribution in [2.75, 3.05) is 0 Å². The van der Waals surface area contributed by atoms with Gasteiger partial charge in [-0.1, -0.05) is 11.6 Å². The first-order valence-corrected chi connectivity index (χ1v) is 7.90. The van der Waals surface area contributed by atoms with E-state index in [1.165, 1.54) is 6.07 Å². The first kappa shape index (κ1) is 14.7. The fourth-order valence-corrected chi connectivity index (χ4v) is 3.98. The van der Waals surface area contributed by atoms with Crippen molar-refractivity contribution >= 4 is 21.6 Å². The van der Waals surface area contributed by atoms with Crippen LogP contribution in [0, 0.1) is 5.82 Å². The number of hydrogen-bond acceptors (Lipinski definition) is 3. The summed E-state index contributed by atoms with van der Waals surface area (Å²) in [6.45, 7) is 0. The Morgan fingerprint density at radius 2 is 1.89 bits per heavy atom. The molecular weight excluding hydrogens is 293 g/mol. The Labute approximate surface area is 116 Å². The molecule has 0 radical (unpaired) electrons. The van der Waals surface area contributed by atoms with Crippen molar-refractivity contribution in [3.63, 3.8) is 0 Å². The first-order valence-electron chi connectivity index (χ1n) is 6.04. The highest BCUT2D eigenvalue weighted by molar-refractivity contribution is 7.89. The van der Waals surface area contributed by atoms with Crippen LogP contribution < -0.4 is 4.72 Å². The maximum absolute atomic E-state index is 13.1. The maximum atomic E-state index is 13.1. The van der Waals surface area contributed by atoms with Crippen molar-refractivity contribution in [3.05, 3.63) is 29.0 Å². The number of aliphatic hydroxyl groups is 1. The second kappa shape index (κ2) is 5.75. The van der Waals surface area contributed by atoms with Gasteiger partial charge >= 0.3 is 0 Å². The molecule has 0 spiro atoms. The van der Waals surface area contributed by atoms with Crippen LogP contribution in [0.25, 0.3) is 0 Å². The second-order valence-corrected chi connectivity index (χ2v) is 6.79. The minimum absolute atomic E-state index is 0.00950. The third kappa shape index (κ3) is 3.66. The summed E-state index contributed by atoms with van der Waals surface area (Å²) in [6, 6.07) is 2.99. The lowest BCUT2D eigenvalue weighted by molar-refractivity contribution is 0.120. The smallest absolute Gasteiger partial charge is 0.242 e. The van der Waals surface area contributed by atoms with E-state index in [-0.39, 0.29) is 22.1 Å². The molecule has 2 rings (SSSR count). The molecule has 1 aromatic rings. The molecule has 0 unspecified atom stereocenters. The summed E-state index contributed by atoms with van der Waals surface area (Å²) in [5, 5.41) is 9.37. The summed E-state index contributed by atoms with van der Waals surface area (Å²) in [5.74, 6) is -0.649. The topological polar surface area (TPSA) is 66.4 Å². The highest BCUT2D eigenvalue weighted by atomic mass is 35.5. The predicted octanol–water partition coefficient (Wildman–Crippen LogP) is 2.06. The molecule has 106 valence electrons. The molecule has 0 bridgehead atoms. The maximum Gasteiger partial charge on any atom is 0.242 e. The van der Waals surface area contributed by atoms with E-state index in [2.05, 4.69) is 4.72 Å². The van der Waals surface area contributed by atoms with Crippen LogP contribution in [0.15, 0.2) is 23.1 Å². The van der Waals surface area contributed by atoms with Crippen LogP contribution in [0.3, 0.4) is 0 Å². The summed E-state index contributed by atoms with van der Waals surface area (Å²) >= 11 is 5.80. The van der Waals surface area contributed by atoms with Crippen LogP contribution in [-0.4, -0.2) is 25.7 Å². The van der Waals surface area contributed by atoms with E-state index in [1.807, 2.05) is 0 Å². The molecule has 0 aromatic heterocycles. The van der Waals surface area contributed by atoms with Crippen LogP contribution in [0.4, 0.5) is 4.39 Å². The molecule has 2 N–H and O–H groups in total. The molecule has 0 aliphatic heterocycles. The zero-order valence-electron chi connectivity index (χ0n) is 10.1. The van der Waals surface area contributed by atoms with Crippen LogP contribution >= 0.6 is 11.6 Å². The minimum Gasteiger partial charge on any atom is -0.393 e. The van der Waals surface area contributed by atoms with Crippen molar-refractivity contribution in [3.8, 4) is 0 Å². The lowest BCUT2D eigenvalue weighted by Crippen LogP contribution is -2.38. The molecule has 1 saturated carbocycles. The third-order valence-corrected chi connectivity index (χ3v) is 5.20. The molecule has 4 nitrogen and oxygen atoms in total. The van der Waals surface area contributed by atoms with E-state index in [9.17, 15) is 17.9 Å². The van der Waals surface area contributed by atoms with Crippen molar-refractivity contribution < 1.29 is 17.9 Å². The van der Waals surface area contributed by atoms with E-state index in [0.29, 0.717) is 25.7 Å². The standard InChI is InChI=1S/C12H15ClFNO3S/c13-11-6-1-8(14)7-12(11)19(17,18)15-9-2-4-10(16)5-3-9/h1,6-7,9-10,15-16H,2-5H2. The van der Waals surface area contributed by atoms with Gasteiger partial charge in [0.15, 0.2) is 0 Å². The summed E-state index contributed by atoms with van der Waals surface area (Å²) in [6.07, 6.45) is 1.88. The van der Waals surface area contributed by atoms with Gasteiger partial charge in [0.25, 0.3) is 0 Å². The number of rotatable bonds is 3. The van der Waals surface area contributed by atoms with E-state index in [4.69, 9.17) is 11.6 Å². The molecule has 1 aliphatic rings. The SMILES string of the molecule is O=S(=O)(NC1CCC(O)CC1)c1cc(F)ccc1Cl. The Kier molecular flexibility index (Phi) is 4.45. The molecule has 0 saturated heterocycles. The Bertz CT molecular complexity index is 556. The van der Waals surface area contributed by atoms with E-state index in [1.54, 1.807) is 0 Å². The molecule has 1 aliphatic carbocycles. The number of nitrogens with one attached hydrogen (secondary N) is 1. The van der Waals surface area contributed by atoms with Gasteiger partial charge in [-0.25, -0.2) is 17.5 Å². The normalized spacial score (nSPS) is 24.4. The minimum atomic E-state index is -3.83. The van der Waals surface area contributed by atoms with Crippen molar-refractivity contribution in [1.29, 1.82) is 0 Å². The van der Waals surface area contributed by atoms with E-state index >= 15 is 0 Å². The molecular formula is C12H15ClFNO3S. The molecule has 7 heteroatoms. The Balaban J connectivity index is 2.16. The summed E-state index contributed by atoms with van der Waals surface area (Å²) < 4.78 is 39.9. The van der Waals surface area contributed by atoms with E-state index in [0.717, 1.165) is 12.1 Å². The van der Waals surface area contributed by atoms with Gasteiger partial charge in [-0.3, -0.25) is 0 Å². The number of halogens is 2. The zero-order valence-corrected chi connectivity index (χ0v) is 11.7. The lowest BCUT2D eigenvalue weighted by atomic mass is 9.94. The highest BCUT2D eigenvalue weighted by Gasteiger charge is 2.26. The number of hydrogen-bond donors (Lipinski definition) is 2. The third-order valence-electron chi connectivity index (χ3n) is 3.20. The molecule has 0 atom stereocenters. The summed E-state index contributed by atoms with van der Waals surface area (Å²) in [5.41, 5.74) is 0. The van der Waals surface area contributed by atoms with Gasteiger partial charge in [-0.2, -0.15) is 0 Å². The molecule has 19 heavy (non-hydrogen) atoms. The van der Waals surface area contributed by atoms with Crippen molar-refractivity contribution in [2.45, 2.75) is 42.7 Å². The van der Waals surface area contributed by atoms with Gasteiger partial charge in [-0.05, 0) is 43.9 Å². The van der Waals surface area contributed by atoms with Gasteiger partial charge in [0.05, 0.1) is 11.1 Å². The summed E-state index contributed by atoms with van der Waals surface area (Å²) in [4.78, 5) is -0.250. The van der Waals surface area contributed by atoms with Gasteiger partial charge in [-0.15, -0.1) is 0 Å². The average molecular weight is 308 g/mol. The van der Waals surface area contributed by atoms with Gasteiger partial charge in [0.1, 0.15) is 10.7 Å². The van der Waals surface area contributed by atoms with Crippen LogP contribution in [0.2, 0.25) is 5.02 Å². The largest absolute Gasteiger partial charge is 0.393 e. The molecule has 1 aromatic carbocycles. The van der Waals surface area contributed by atoms with Gasteiger partial charge in [0, 0.05) is 6.04 Å². The van der Waals surface area contributed by atoms with Crippen LogP contribution in [-0.2, 0) is 10.0 Å². The van der Waals surface area contributed by atoms with Crippen molar-refractivity contribution in [1.82, 2.24) is 4.72 Å². The van der Waals surface area contributed by atoms with Gasteiger partial charge < -0.3 is 5.11 Å². The van der Waals surface area contributed by atoms with Crippen LogP contribution in [0.5, 0.6) is 0 Å². The molecule has 0 heterocycles. The Hall–Kier alpha value is -0.690. The van der Waals surface area contributed by atoms with Gasteiger partial charge in [0.2, 0.25) is 10.0 Å². The Morgan fingerprint density at radius 3 is 2.53 bits per heavy atom. The lowest BCUT2D eigenvalue weighted by Gasteiger charge is -2.26. The first-order chi connectivity index (χ1) is 8.88. The predicted molar refractivity (Wildman–Crippen MR) is 70.0 cm³/mol. The zero-order chi connectivity index (χ0) is 14.0. The number of benzene rings is 1. The molecule has 0 amide bonds. The fraction of sp³-hybridized carbons (Fsp3) is 0.500. The number of aliphatic hydroxyl groups excluding tert-OH is 1. The summed E-state index contributed by atoms with van der Waals surface area (Å²) in [7, 11) is -3.83. The average Bonchev–Trinajstić information content (AvgIpc) is 2.35. The Morgan fingerprint density at radius 1 is 1.26 bits per heavy atom. The fourth-order valence-electron chi connectivity index (χ4n) is 2.16. The van der Waals surface area contributed by atoms with Crippen LogP contribution in [0.1, 0.15) is 25.7 Å². The monoisotopic (exact) mass is 307 g/mol. The number of sulfonamides is 1. The van der Waals surface area contributed by atoms with Crippen molar-refractivity contribution in [2.24, 2.45) is 0 Å². The highest BCUT2D eigenvalue weighted by Crippen LogP contribution is 2.25. The van der Waals surface area contributed by atoms with E-state index < -0.39 is 15.8 Å². The second-order valence-electron chi connectivity index (χ2n) is 4.70. The molecule has 1 fully saturated rings. The quantitative estimate of drug-likeness (QED) is 0.898.